The Morgan fingerprint density at radius 3 is 2.94 bits per heavy atom. The molecule has 0 aromatic heterocycles. The van der Waals surface area contributed by atoms with Gasteiger partial charge >= 0.3 is 0 Å². The van der Waals surface area contributed by atoms with Gasteiger partial charge in [-0.2, -0.15) is 0 Å². The number of phenolic OH excluding ortho intramolecular Hbond substituents is 1. The maximum atomic E-state index is 12.9. The minimum Gasteiger partial charge on any atom is -0.507 e. The molecule has 1 atom stereocenters. The standard InChI is InChI=1S/C12H13BrFNO2/c13-10(7-1-2-7)6-15-12(17)9-5-8(14)3-4-11(9)16/h3-5,7,10,16H,1-2,6H2,(H,15,17). The molecule has 3 nitrogen and oxygen atoms in total. The van der Waals surface area contributed by atoms with Gasteiger partial charge in [-0.15, -0.1) is 0 Å². The Morgan fingerprint density at radius 1 is 1.59 bits per heavy atom. The van der Waals surface area contributed by atoms with E-state index in [2.05, 4.69) is 21.2 Å². The number of halogens is 2. The van der Waals surface area contributed by atoms with Crippen LogP contribution in [0, 0.1) is 11.7 Å². The van der Waals surface area contributed by atoms with Crippen molar-refractivity contribution in [2.75, 3.05) is 6.54 Å². The summed E-state index contributed by atoms with van der Waals surface area (Å²) in [7, 11) is 0. The maximum absolute atomic E-state index is 12.9. The molecule has 2 N–H and O–H groups in total. The summed E-state index contributed by atoms with van der Waals surface area (Å²) in [4.78, 5) is 12.0. The number of aromatic hydroxyl groups is 1. The molecule has 1 saturated carbocycles. The number of alkyl halides is 1. The number of phenols is 1. The third-order valence-electron chi connectivity index (χ3n) is 2.79. The molecule has 2 rings (SSSR count). The molecule has 92 valence electrons. The van der Waals surface area contributed by atoms with Crippen LogP contribution in [0.2, 0.25) is 0 Å². The van der Waals surface area contributed by atoms with E-state index in [4.69, 9.17) is 0 Å². The van der Waals surface area contributed by atoms with Crippen LogP contribution in [0.15, 0.2) is 18.2 Å². The molecule has 0 spiro atoms. The molecule has 1 amide bonds. The molecule has 1 aliphatic rings. The number of hydrogen-bond acceptors (Lipinski definition) is 2. The molecule has 1 aromatic rings. The Kier molecular flexibility index (Phi) is 3.66. The second kappa shape index (κ2) is 5.04. The van der Waals surface area contributed by atoms with Crippen LogP contribution in [-0.2, 0) is 0 Å². The summed E-state index contributed by atoms with van der Waals surface area (Å²) >= 11 is 3.49. The van der Waals surface area contributed by atoms with Crippen molar-refractivity contribution < 1.29 is 14.3 Å². The van der Waals surface area contributed by atoms with Crippen molar-refractivity contribution in [3.63, 3.8) is 0 Å². The van der Waals surface area contributed by atoms with E-state index in [0.29, 0.717) is 12.5 Å². The zero-order chi connectivity index (χ0) is 12.4. The topological polar surface area (TPSA) is 49.3 Å². The van der Waals surface area contributed by atoms with E-state index >= 15 is 0 Å². The Hall–Kier alpha value is -1.10. The fourth-order valence-electron chi connectivity index (χ4n) is 1.60. The highest BCUT2D eigenvalue weighted by Crippen LogP contribution is 2.36. The largest absolute Gasteiger partial charge is 0.507 e. The van der Waals surface area contributed by atoms with E-state index in [9.17, 15) is 14.3 Å². The van der Waals surface area contributed by atoms with E-state index in [1.165, 1.54) is 18.9 Å². The third kappa shape index (κ3) is 3.19. The van der Waals surface area contributed by atoms with Gasteiger partial charge in [0.05, 0.1) is 5.56 Å². The van der Waals surface area contributed by atoms with E-state index in [0.717, 1.165) is 12.1 Å². The number of amides is 1. The van der Waals surface area contributed by atoms with Gasteiger partial charge in [-0.3, -0.25) is 4.79 Å². The highest BCUT2D eigenvalue weighted by molar-refractivity contribution is 9.09. The molecular weight excluding hydrogens is 289 g/mol. The van der Waals surface area contributed by atoms with Crippen molar-refractivity contribution in [1.29, 1.82) is 0 Å². The lowest BCUT2D eigenvalue weighted by atomic mass is 10.2. The van der Waals surface area contributed by atoms with E-state index in [1.54, 1.807) is 0 Å². The molecule has 0 bridgehead atoms. The van der Waals surface area contributed by atoms with E-state index in [-0.39, 0.29) is 16.1 Å². The number of carbonyl (C=O) groups is 1. The third-order valence-corrected chi connectivity index (χ3v) is 3.87. The molecule has 0 heterocycles. The van der Waals surface area contributed by atoms with Crippen LogP contribution in [0.1, 0.15) is 23.2 Å². The van der Waals surface area contributed by atoms with Gasteiger partial charge in [0, 0.05) is 11.4 Å². The van der Waals surface area contributed by atoms with Gasteiger partial charge in [0.2, 0.25) is 0 Å². The molecule has 1 fully saturated rings. The zero-order valence-electron chi connectivity index (χ0n) is 9.12. The summed E-state index contributed by atoms with van der Waals surface area (Å²) in [6, 6.07) is 3.32. The van der Waals surface area contributed by atoms with Crippen molar-refractivity contribution >= 4 is 21.8 Å². The van der Waals surface area contributed by atoms with E-state index in [1.807, 2.05) is 0 Å². The number of nitrogens with one attached hydrogen (secondary N) is 1. The Bertz CT molecular complexity index is 435. The first-order chi connectivity index (χ1) is 8.08. The summed E-state index contributed by atoms with van der Waals surface area (Å²) in [5.41, 5.74) is -0.0273. The van der Waals surface area contributed by atoms with Crippen molar-refractivity contribution in [3.05, 3.63) is 29.6 Å². The van der Waals surface area contributed by atoms with Gasteiger partial charge < -0.3 is 10.4 Å². The summed E-state index contributed by atoms with van der Waals surface area (Å²) in [6.45, 7) is 0.486. The number of benzene rings is 1. The Balaban J connectivity index is 1.96. The van der Waals surface area contributed by atoms with Crippen LogP contribution >= 0.6 is 15.9 Å². The molecule has 0 saturated heterocycles. The fraction of sp³-hybridized carbons (Fsp3) is 0.417. The Morgan fingerprint density at radius 2 is 2.29 bits per heavy atom. The second-order valence-electron chi connectivity index (χ2n) is 4.22. The second-order valence-corrected chi connectivity index (χ2v) is 5.40. The lowest BCUT2D eigenvalue weighted by Crippen LogP contribution is -2.30. The summed E-state index contributed by atoms with van der Waals surface area (Å²) in [5.74, 6) is -0.574. The van der Waals surface area contributed by atoms with Crippen molar-refractivity contribution in [2.45, 2.75) is 17.7 Å². The highest BCUT2D eigenvalue weighted by Gasteiger charge is 2.29. The van der Waals surface area contributed by atoms with Gasteiger partial charge in [0.15, 0.2) is 0 Å². The number of carbonyl (C=O) groups excluding carboxylic acids is 1. The van der Waals surface area contributed by atoms with Crippen LogP contribution < -0.4 is 5.32 Å². The van der Waals surface area contributed by atoms with Crippen LogP contribution in [-0.4, -0.2) is 22.4 Å². The maximum Gasteiger partial charge on any atom is 0.255 e. The van der Waals surface area contributed by atoms with Gasteiger partial charge in [-0.25, -0.2) is 4.39 Å². The van der Waals surface area contributed by atoms with Gasteiger partial charge in [0.25, 0.3) is 5.91 Å². The smallest absolute Gasteiger partial charge is 0.255 e. The van der Waals surface area contributed by atoms with Crippen molar-refractivity contribution in [3.8, 4) is 5.75 Å². The molecule has 17 heavy (non-hydrogen) atoms. The first kappa shape index (κ1) is 12.4. The van der Waals surface area contributed by atoms with Crippen LogP contribution in [0.5, 0.6) is 5.75 Å². The van der Waals surface area contributed by atoms with Gasteiger partial charge in [-0.1, -0.05) is 15.9 Å². The molecule has 0 radical (unpaired) electrons. The summed E-state index contributed by atoms with van der Waals surface area (Å²) in [5, 5.41) is 12.1. The van der Waals surface area contributed by atoms with Crippen molar-refractivity contribution in [1.82, 2.24) is 5.32 Å². The molecule has 1 unspecified atom stereocenters. The van der Waals surface area contributed by atoms with Gasteiger partial charge in [0.1, 0.15) is 11.6 Å². The molecule has 1 aliphatic carbocycles. The molecule has 0 aliphatic heterocycles. The average Bonchev–Trinajstić information content (AvgIpc) is 3.12. The van der Waals surface area contributed by atoms with Crippen LogP contribution in [0.3, 0.4) is 0 Å². The average molecular weight is 302 g/mol. The fourth-order valence-corrected chi connectivity index (χ4v) is 2.29. The number of hydrogen-bond donors (Lipinski definition) is 2. The predicted octanol–water partition coefficient (Wildman–Crippen LogP) is 2.43. The first-order valence-electron chi connectivity index (χ1n) is 5.48. The minimum absolute atomic E-state index is 0.0273. The highest BCUT2D eigenvalue weighted by atomic mass is 79.9. The number of rotatable bonds is 4. The monoisotopic (exact) mass is 301 g/mol. The first-order valence-corrected chi connectivity index (χ1v) is 6.40. The van der Waals surface area contributed by atoms with E-state index < -0.39 is 11.7 Å². The SMILES string of the molecule is O=C(NCC(Br)C1CC1)c1cc(F)ccc1O. The quantitative estimate of drug-likeness (QED) is 0.839. The zero-order valence-corrected chi connectivity index (χ0v) is 10.7. The van der Waals surface area contributed by atoms with Crippen molar-refractivity contribution in [2.24, 2.45) is 5.92 Å². The molecule has 5 heteroatoms. The van der Waals surface area contributed by atoms with Crippen LogP contribution in [0.4, 0.5) is 4.39 Å². The molecule has 1 aromatic carbocycles. The molecular formula is C12H13BrFNO2. The summed E-state index contributed by atoms with van der Waals surface area (Å²) in [6.07, 6.45) is 2.36. The van der Waals surface area contributed by atoms with Gasteiger partial charge in [-0.05, 0) is 37.0 Å². The lowest BCUT2D eigenvalue weighted by Gasteiger charge is -2.10. The Labute approximate surface area is 107 Å². The lowest BCUT2D eigenvalue weighted by molar-refractivity contribution is 0.0950. The minimum atomic E-state index is -0.537. The summed E-state index contributed by atoms with van der Waals surface area (Å²) < 4.78 is 12.9. The predicted molar refractivity (Wildman–Crippen MR) is 65.8 cm³/mol. The van der Waals surface area contributed by atoms with Crippen LogP contribution in [0.25, 0.3) is 0 Å². The normalized spacial score (nSPS) is 16.6.